The van der Waals surface area contributed by atoms with Gasteiger partial charge in [-0.2, -0.15) is 0 Å². The van der Waals surface area contributed by atoms with E-state index in [0.717, 1.165) is 11.1 Å². The fourth-order valence-corrected chi connectivity index (χ4v) is 5.69. The molecule has 1 fully saturated rings. The fourth-order valence-electron chi connectivity index (χ4n) is 5.69. The van der Waals surface area contributed by atoms with Gasteiger partial charge in [0.25, 0.3) is 11.8 Å². The number of carbonyl (C=O) groups excluding carboxylic acids is 8. The summed E-state index contributed by atoms with van der Waals surface area (Å²) >= 11 is 0. The Morgan fingerprint density at radius 3 is 2.19 bits per heavy atom. The lowest BCUT2D eigenvalue weighted by atomic mass is 10.0. The van der Waals surface area contributed by atoms with Crippen LogP contribution in [0.5, 0.6) is 0 Å². The maximum Gasteiger partial charge on any atom is 0.410 e. The highest BCUT2D eigenvalue weighted by molar-refractivity contribution is 6.38. The maximum absolute atomic E-state index is 14.0. The number of ketones is 3. The predicted molar refractivity (Wildman–Crippen MR) is 173 cm³/mol. The third kappa shape index (κ3) is 9.71. The molecule has 2 heterocycles. The molecule has 14 heteroatoms. The number of Topliss-reactive ketones (excluding diaryl/α,β-unsaturated/α-hetero) is 3. The normalized spacial score (nSPS) is 18.4. The first kappa shape index (κ1) is 37.8. The highest BCUT2D eigenvalue weighted by Crippen LogP contribution is 2.26. The Hall–Kier alpha value is -4.62. The van der Waals surface area contributed by atoms with Crippen molar-refractivity contribution < 1.29 is 43.1 Å². The molecule has 5 amide bonds. The van der Waals surface area contributed by atoms with E-state index in [1.807, 2.05) is 24.3 Å². The molecule has 0 aliphatic carbocycles. The van der Waals surface area contributed by atoms with E-state index in [9.17, 15) is 38.4 Å². The van der Waals surface area contributed by atoms with Crippen LogP contribution in [0.3, 0.4) is 0 Å². The number of ether oxygens (including phenoxy) is 1. The van der Waals surface area contributed by atoms with Crippen LogP contribution in [0.25, 0.3) is 0 Å². The quantitative estimate of drug-likeness (QED) is 0.244. The van der Waals surface area contributed by atoms with Gasteiger partial charge in [-0.3, -0.25) is 33.6 Å². The molecule has 3 N–H and O–H groups in total. The van der Waals surface area contributed by atoms with Gasteiger partial charge in [-0.1, -0.05) is 65.3 Å². The average molecular weight is 670 g/mol. The van der Waals surface area contributed by atoms with Gasteiger partial charge in [0.15, 0.2) is 0 Å². The van der Waals surface area contributed by atoms with E-state index in [0.29, 0.717) is 25.9 Å². The lowest BCUT2D eigenvalue weighted by molar-refractivity contribution is -0.146. The molecule has 3 rings (SSSR count). The van der Waals surface area contributed by atoms with Gasteiger partial charge in [-0.05, 0) is 36.8 Å². The van der Waals surface area contributed by atoms with E-state index in [1.165, 1.54) is 11.8 Å². The first-order valence-electron chi connectivity index (χ1n) is 16.4. The van der Waals surface area contributed by atoms with Crippen LogP contribution in [0.4, 0.5) is 4.79 Å². The SMILES string of the molecule is CCCC(NC(=O)C1C[C@@H](OC(=O)N2CCc3ccccc3C2)CN1C(=O)[C@@H](NC(=O)C(=O)C(C)C)C(C)C)C(=O)C(=O)NCC(C)=O. The second kappa shape index (κ2) is 17.0. The minimum atomic E-state index is -1.24. The zero-order valence-electron chi connectivity index (χ0n) is 28.5. The molecule has 48 heavy (non-hydrogen) atoms. The third-order valence-corrected chi connectivity index (χ3v) is 8.40. The Balaban J connectivity index is 1.84. The molecule has 0 aromatic heterocycles. The topological polar surface area (TPSA) is 188 Å². The van der Waals surface area contributed by atoms with Crippen molar-refractivity contribution in [1.82, 2.24) is 25.8 Å². The van der Waals surface area contributed by atoms with Gasteiger partial charge < -0.3 is 30.5 Å². The predicted octanol–water partition coefficient (Wildman–Crippen LogP) is 1.08. The zero-order chi connectivity index (χ0) is 35.7. The van der Waals surface area contributed by atoms with Gasteiger partial charge in [0.1, 0.15) is 24.0 Å². The van der Waals surface area contributed by atoms with E-state index in [-0.39, 0.29) is 31.7 Å². The first-order valence-corrected chi connectivity index (χ1v) is 16.4. The number of nitrogens with zero attached hydrogens (tertiary/aromatic N) is 2. The summed E-state index contributed by atoms with van der Waals surface area (Å²) in [7, 11) is 0. The van der Waals surface area contributed by atoms with Crippen LogP contribution in [0.2, 0.25) is 0 Å². The van der Waals surface area contributed by atoms with Crippen molar-refractivity contribution >= 4 is 47.1 Å². The monoisotopic (exact) mass is 669 g/mol. The summed E-state index contributed by atoms with van der Waals surface area (Å²) in [5.41, 5.74) is 2.13. The summed E-state index contributed by atoms with van der Waals surface area (Å²) in [6, 6.07) is 4.10. The second-order valence-corrected chi connectivity index (χ2v) is 13.0. The van der Waals surface area contributed by atoms with Crippen molar-refractivity contribution in [3.63, 3.8) is 0 Å². The zero-order valence-corrected chi connectivity index (χ0v) is 28.5. The van der Waals surface area contributed by atoms with Crippen LogP contribution in [-0.2, 0) is 51.3 Å². The molecule has 2 unspecified atom stereocenters. The molecular formula is C34H47N5O9. The minimum absolute atomic E-state index is 0.107. The second-order valence-electron chi connectivity index (χ2n) is 13.0. The summed E-state index contributed by atoms with van der Waals surface area (Å²) in [4.78, 5) is 106. The van der Waals surface area contributed by atoms with Gasteiger partial charge in [-0.15, -0.1) is 0 Å². The Morgan fingerprint density at radius 1 is 0.917 bits per heavy atom. The number of hydrogen-bond donors (Lipinski definition) is 3. The standard InChI is InChI=1S/C34H47N5O9/c1-7-10-25(29(42)31(44)35-16-21(6)40)36-30(43)26-15-24(48-34(47)38-14-13-22-11-8-9-12-23(22)17-38)18-39(26)33(46)27(19(2)3)37-32(45)28(41)20(4)5/h8-9,11-12,19-20,24-27H,7,10,13-18H2,1-6H3,(H,35,44)(H,36,43)(H,37,45)/t24-,25?,26?,27+/m1/s1. The molecule has 2 aliphatic heterocycles. The van der Waals surface area contributed by atoms with Crippen LogP contribution in [0.15, 0.2) is 24.3 Å². The molecule has 0 saturated carbocycles. The lowest BCUT2D eigenvalue weighted by Crippen LogP contribution is -2.58. The van der Waals surface area contributed by atoms with Crippen LogP contribution in [0, 0.1) is 11.8 Å². The number of fused-ring (bicyclic) bond motifs is 1. The van der Waals surface area contributed by atoms with Crippen molar-refractivity contribution in [1.29, 1.82) is 0 Å². The largest absolute Gasteiger partial charge is 0.444 e. The Morgan fingerprint density at radius 2 is 1.58 bits per heavy atom. The first-order chi connectivity index (χ1) is 22.6. The maximum atomic E-state index is 14.0. The molecule has 1 aromatic carbocycles. The number of benzene rings is 1. The number of carbonyl (C=O) groups is 8. The van der Waals surface area contributed by atoms with Crippen molar-refractivity contribution in [2.24, 2.45) is 11.8 Å². The van der Waals surface area contributed by atoms with Gasteiger partial charge in [0.2, 0.25) is 23.4 Å². The van der Waals surface area contributed by atoms with E-state index in [4.69, 9.17) is 4.74 Å². The molecule has 2 aliphatic rings. The van der Waals surface area contributed by atoms with E-state index in [2.05, 4.69) is 16.0 Å². The van der Waals surface area contributed by atoms with Crippen LogP contribution in [-0.4, -0.2) is 101 Å². The smallest absolute Gasteiger partial charge is 0.410 e. The lowest BCUT2D eigenvalue weighted by Gasteiger charge is -2.31. The average Bonchev–Trinajstić information content (AvgIpc) is 3.48. The number of likely N-dealkylation sites (tertiary alicyclic amines) is 1. The summed E-state index contributed by atoms with van der Waals surface area (Å²) in [5.74, 6) is -6.50. The summed E-state index contributed by atoms with van der Waals surface area (Å²) < 4.78 is 5.82. The number of rotatable bonds is 14. The van der Waals surface area contributed by atoms with E-state index >= 15 is 0 Å². The number of hydrogen-bond acceptors (Lipinski definition) is 9. The highest BCUT2D eigenvalue weighted by atomic mass is 16.6. The molecule has 0 spiro atoms. The van der Waals surface area contributed by atoms with Crippen LogP contribution < -0.4 is 16.0 Å². The number of nitrogens with one attached hydrogen (secondary N) is 3. The van der Waals surface area contributed by atoms with Crippen LogP contribution >= 0.6 is 0 Å². The molecule has 14 nitrogen and oxygen atoms in total. The summed E-state index contributed by atoms with van der Waals surface area (Å²) in [5, 5.41) is 7.32. The summed E-state index contributed by atoms with van der Waals surface area (Å²) in [6.07, 6.45) is -0.455. The van der Waals surface area contributed by atoms with E-state index < -0.39 is 77.4 Å². The third-order valence-electron chi connectivity index (χ3n) is 8.40. The molecule has 1 saturated heterocycles. The molecule has 0 bridgehead atoms. The molecule has 0 radical (unpaired) electrons. The molecule has 262 valence electrons. The number of amides is 5. The van der Waals surface area contributed by atoms with Crippen LogP contribution in [0.1, 0.15) is 71.9 Å². The van der Waals surface area contributed by atoms with Gasteiger partial charge in [0.05, 0.1) is 19.1 Å². The summed E-state index contributed by atoms with van der Waals surface area (Å²) in [6.45, 7) is 9.71. The van der Waals surface area contributed by atoms with Crippen molar-refractivity contribution in [3.05, 3.63) is 35.4 Å². The van der Waals surface area contributed by atoms with Crippen molar-refractivity contribution in [3.8, 4) is 0 Å². The Labute approximate surface area is 280 Å². The Kier molecular flexibility index (Phi) is 13.4. The highest BCUT2D eigenvalue weighted by Gasteiger charge is 2.45. The van der Waals surface area contributed by atoms with Gasteiger partial charge in [-0.25, -0.2) is 4.79 Å². The molecule has 4 atom stereocenters. The van der Waals surface area contributed by atoms with Gasteiger partial charge >= 0.3 is 6.09 Å². The molecular weight excluding hydrogens is 622 g/mol. The van der Waals surface area contributed by atoms with Gasteiger partial charge in [0, 0.05) is 25.4 Å². The fraction of sp³-hybridized carbons (Fsp3) is 0.588. The van der Waals surface area contributed by atoms with E-state index in [1.54, 1.807) is 39.5 Å². The van der Waals surface area contributed by atoms with Crippen molar-refractivity contribution in [2.75, 3.05) is 19.6 Å². The minimum Gasteiger partial charge on any atom is -0.444 e. The van der Waals surface area contributed by atoms with Crippen molar-refractivity contribution in [2.45, 2.75) is 98.0 Å². The molecule has 1 aromatic rings. The Bertz CT molecular complexity index is 1430.